The third-order valence-electron chi connectivity index (χ3n) is 4.16. The number of benzene rings is 2. The van der Waals surface area contributed by atoms with Gasteiger partial charge in [-0.05, 0) is 43.3 Å². The fourth-order valence-electron chi connectivity index (χ4n) is 2.66. The maximum Gasteiger partial charge on any atom is 0.243 e. The minimum absolute atomic E-state index is 0.0648. The molecular formula is C20H17Cl3N2O4S. The monoisotopic (exact) mass is 486 g/mol. The van der Waals surface area contributed by atoms with Crippen molar-refractivity contribution >= 4 is 56.4 Å². The molecule has 1 amide bonds. The Morgan fingerprint density at radius 2 is 1.70 bits per heavy atom. The zero-order valence-corrected chi connectivity index (χ0v) is 18.8. The van der Waals surface area contributed by atoms with E-state index in [0.717, 1.165) is 9.87 Å². The number of hydrogen-bond acceptors (Lipinski definition) is 4. The second-order valence-corrected chi connectivity index (χ2v) is 9.65. The third-order valence-corrected chi connectivity index (χ3v) is 6.78. The fourth-order valence-corrected chi connectivity index (χ4v) is 4.94. The van der Waals surface area contributed by atoms with Crippen LogP contribution in [0.4, 0.5) is 5.69 Å². The predicted molar refractivity (Wildman–Crippen MR) is 118 cm³/mol. The van der Waals surface area contributed by atoms with Crippen molar-refractivity contribution in [3.63, 3.8) is 0 Å². The van der Waals surface area contributed by atoms with E-state index in [1.165, 1.54) is 30.5 Å². The Morgan fingerprint density at radius 1 is 1.07 bits per heavy atom. The van der Waals surface area contributed by atoms with Crippen LogP contribution in [-0.2, 0) is 21.4 Å². The van der Waals surface area contributed by atoms with Gasteiger partial charge in [-0.15, -0.1) is 0 Å². The molecule has 30 heavy (non-hydrogen) atoms. The van der Waals surface area contributed by atoms with Crippen LogP contribution in [0.5, 0.6) is 0 Å². The van der Waals surface area contributed by atoms with Gasteiger partial charge in [-0.25, -0.2) is 8.42 Å². The normalized spacial score (nSPS) is 11.6. The molecule has 1 N–H and O–H groups in total. The molecule has 1 aromatic heterocycles. The average molecular weight is 488 g/mol. The van der Waals surface area contributed by atoms with Gasteiger partial charge in [0.25, 0.3) is 0 Å². The average Bonchev–Trinajstić information content (AvgIpc) is 3.17. The highest BCUT2D eigenvalue weighted by molar-refractivity contribution is 7.89. The topological polar surface area (TPSA) is 79.6 Å². The van der Waals surface area contributed by atoms with Gasteiger partial charge >= 0.3 is 0 Å². The summed E-state index contributed by atoms with van der Waals surface area (Å²) in [6.07, 6.45) is 1.43. The van der Waals surface area contributed by atoms with E-state index >= 15 is 0 Å². The maximum absolute atomic E-state index is 13.2. The summed E-state index contributed by atoms with van der Waals surface area (Å²) in [4.78, 5) is 12.7. The third kappa shape index (κ3) is 5.36. The van der Waals surface area contributed by atoms with E-state index in [1.54, 1.807) is 24.3 Å². The molecule has 1 heterocycles. The van der Waals surface area contributed by atoms with Gasteiger partial charge in [0.15, 0.2) is 0 Å². The number of aryl methyl sites for hydroxylation is 1. The summed E-state index contributed by atoms with van der Waals surface area (Å²) < 4.78 is 32.6. The molecular weight excluding hydrogens is 471 g/mol. The zero-order valence-electron chi connectivity index (χ0n) is 15.7. The number of halogens is 3. The van der Waals surface area contributed by atoms with Crippen LogP contribution >= 0.6 is 34.8 Å². The number of rotatable bonds is 7. The lowest BCUT2D eigenvalue weighted by Crippen LogP contribution is -2.37. The van der Waals surface area contributed by atoms with Crippen molar-refractivity contribution < 1.29 is 17.6 Å². The first-order valence-corrected chi connectivity index (χ1v) is 11.3. The van der Waals surface area contributed by atoms with E-state index in [2.05, 4.69) is 5.32 Å². The zero-order chi connectivity index (χ0) is 21.9. The lowest BCUT2D eigenvalue weighted by Gasteiger charge is -2.21. The van der Waals surface area contributed by atoms with E-state index in [9.17, 15) is 13.2 Å². The van der Waals surface area contributed by atoms with E-state index in [0.29, 0.717) is 10.8 Å². The van der Waals surface area contributed by atoms with Gasteiger partial charge in [0, 0.05) is 5.02 Å². The summed E-state index contributed by atoms with van der Waals surface area (Å²) in [5.41, 5.74) is 1.06. The molecule has 10 heteroatoms. The molecule has 0 radical (unpaired) electrons. The van der Waals surface area contributed by atoms with Crippen molar-refractivity contribution in [2.45, 2.75) is 18.4 Å². The van der Waals surface area contributed by atoms with Gasteiger partial charge in [-0.3, -0.25) is 4.79 Å². The van der Waals surface area contributed by atoms with Crippen LogP contribution in [0.2, 0.25) is 15.1 Å². The highest BCUT2D eigenvalue weighted by Gasteiger charge is 2.28. The van der Waals surface area contributed by atoms with Crippen molar-refractivity contribution in [1.82, 2.24) is 4.31 Å². The minimum atomic E-state index is -3.98. The van der Waals surface area contributed by atoms with Gasteiger partial charge in [-0.2, -0.15) is 4.31 Å². The SMILES string of the molecule is Cc1ccc(S(=O)(=O)N(CC(=O)Nc2c(Cl)cc(Cl)cc2Cl)Cc2ccco2)cc1. The summed E-state index contributed by atoms with van der Waals surface area (Å²) in [5.74, 6) is -0.232. The molecule has 0 bridgehead atoms. The number of anilines is 1. The minimum Gasteiger partial charge on any atom is -0.468 e. The molecule has 3 aromatic rings. The van der Waals surface area contributed by atoms with Gasteiger partial charge in [0.1, 0.15) is 5.76 Å². The summed E-state index contributed by atoms with van der Waals surface area (Å²) in [7, 11) is -3.98. The van der Waals surface area contributed by atoms with E-state index in [-0.39, 0.29) is 27.2 Å². The second-order valence-electron chi connectivity index (χ2n) is 6.46. The van der Waals surface area contributed by atoms with E-state index in [4.69, 9.17) is 39.2 Å². The number of carbonyl (C=O) groups excluding carboxylic acids is 1. The molecule has 158 valence electrons. The number of furan rings is 1. The van der Waals surface area contributed by atoms with Crippen LogP contribution in [0, 0.1) is 6.92 Å². The number of hydrogen-bond donors (Lipinski definition) is 1. The first-order valence-electron chi connectivity index (χ1n) is 8.70. The predicted octanol–water partition coefficient (Wildman–Crippen LogP) is 5.38. The van der Waals surface area contributed by atoms with Crippen LogP contribution in [0.25, 0.3) is 0 Å². The molecule has 2 aromatic carbocycles. The van der Waals surface area contributed by atoms with Gasteiger partial charge in [-0.1, -0.05) is 52.5 Å². The molecule has 0 aliphatic rings. The summed E-state index contributed by atoms with van der Waals surface area (Å²) in [6, 6.07) is 12.5. The molecule has 0 saturated heterocycles. The van der Waals surface area contributed by atoms with Gasteiger partial charge in [0.2, 0.25) is 15.9 Å². The number of carbonyl (C=O) groups is 1. The van der Waals surface area contributed by atoms with Gasteiger partial charge in [0.05, 0.1) is 40.0 Å². The Kier molecular flexibility index (Phi) is 7.10. The Labute approximate surface area is 189 Å². The second kappa shape index (κ2) is 9.41. The Bertz CT molecular complexity index is 1120. The maximum atomic E-state index is 13.2. The number of nitrogens with one attached hydrogen (secondary N) is 1. The molecule has 0 aliphatic carbocycles. The standard InChI is InChI=1S/C20H17Cl3N2O4S/c1-13-4-6-16(7-5-13)30(27,28)25(11-15-3-2-8-29-15)12-19(26)24-20-17(22)9-14(21)10-18(20)23/h2-10H,11-12H2,1H3,(H,24,26). The first kappa shape index (κ1) is 22.7. The largest absolute Gasteiger partial charge is 0.468 e. The lowest BCUT2D eigenvalue weighted by atomic mass is 10.2. The Balaban J connectivity index is 1.87. The van der Waals surface area contributed by atoms with Crippen molar-refractivity contribution in [2.24, 2.45) is 0 Å². The molecule has 0 fully saturated rings. The van der Waals surface area contributed by atoms with E-state index < -0.39 is 22.5 Å². The first-order chi connectivity index (χ1) is 14.2. The molecule has 0 aliphatic heterocycles. The van der Waals surface area contributed by atoms with Crippen LogP contribution in [0.1, 0.15) is 11.3 Å². The van der Waals surface area contributed by atoms with E-state index in [1.807, 2.05) is 6.92 Å². The van der Waals surface area contributed by atoms with Crippen LogP contribution in [0.3, 0.4) is 0 Å². The molecule has 0 spiro atoms. The van der Waals surface area contributed by atoms with Gasteiger partial charge < -0.3 is 9.73 Å². The Morgan fingerprint density at radius 3 is 2.27 bits per heavy atom. The molecule has 6 nitrogen and oxygen atoms in total. The van der Waals surface area contributed by atoms with Crippen molar-refractivity contribution in [1.29, 1.82) is 0 Å². The van der Waals surface area contributed by atoms with Crippen molar-refractivity contribution in [2.75, 3.05) is 11.9 Å². The fraction of sp³-hybridized carbons (Fsp3) is 0.150. The number of nitrogens with zero attached hydrogens (tertiary/aromatic N) is 1. The van der Waals surface area contributed by atoms with Crippen LogP contribution in [-0.4, -0.2) is 25.2 Å². The number of sulfonamides is 1. The molecule has 3 rings (SSSR count). The van der Waals surface area contributed by atoms with Crippen molar-refractivity contribution in [3.05, 3.63) is 81.2 Å². The highest BCUT2D eigenvalue weighted by atomic mass is 35.5. The lowest BCUT2D eigenvalue weighted by molar-refractivity contribution is -0.116. The Hall–Kier alpha value is -2.03. The van der Waals surface area contributed by atoms with Crippen molar-refractivity contribution in [3.8, 4) is 0 Å². The molecule has 0 unspecified atom stereocenters. The number of amides is 1. The highest BCUT2D eigenvalue weighted by Crippen LogP contribution is 2.33. The molecule has 0 atom stereocenters. The summed E-state index contributed by atoms with van der Waals surface area (Å²) in [6.45, 7) is 1.25. The summed E-state index contributed by atoms with van der Waals surface area (Å²) >= 11 is 18.1. The van der Waals surface area contributed by atoms with Crippen LogP contribution < -0.4 is 5.32 Å². The molecule has 0 saturated carbocycles. The quantitative estimate of drug-likeness (QED) is 0.485. The summed E-state index contributed by atoms with van der Waals surface area (Å²) in [5, 5.41) is 3.14. The van der Waals surface area contributed by atoms with Crippen LogP contribution in [0.15, 0.2) is 64.1 Å². The smallest absolute Gasteiger partial charge is 0.243 e.